The number of rotatable bonds is 45. The average molecular weight is 833 g/mol. The van der Waals surface area contributed by atoms with Crippen molar-refractivity contribution in [3.63, 3.8) is 0 Å². The number of carbonyl (C=O) groups is 2. The molecule has 3 atom stereocenters. The minimum Gasteiger partial charge on any atom is -0.457 e. The van der Waals surface area contributed by atoms with Crippen LogP contribution in [0.2, 0.25) is 0 Å². The highest BCUT2D eigenvalue weighted by molar-refractivity contribution is 7.47. The van der Waals surface area contributed by atoms with Crippen LogP contribution in [-0.2, 0) is 32.7 Å². The summed E-state index contributed by atoms with van der Waals surface area (Å²) in [6.45, 7) is 2.21. The zero-order valence-electron chi connectivity index (χ0n) is 36.8. The SMILES string of the molecule is CCCCC/C=C\CCCCCCCC(=O)OC(CO)COP(=O)(O)OCC(CO)OC(=O)CCCCCCCCCCCCCCCCCCCCCCCC. The van der Waals surface area contributed by atoms with Gasteiger partial charge in [0.2, 0.25) is 0 Å². The molecule has 0 aliphatic heterocycles. The van der Waals surface area contributed by atoms with Gasteiger partial charge in [0.05, 0.1) is 26.4 Å². The standard InChI is InChI=1S/C46H89O10P/c1-3-5-7-9-11-13-15-17-18-19-20-21-22-23-24-25-26-28-30-32-34-36-38-46(50)56-44(40-48)42-54-57(51,52)53-41-43(39-47)55-45(49)37-35-33-31-29-27-16-14-12-10-8-6-4-2/h12,14,43-44,47-48H,3-11,13,15-42H2,1-2H3,(H,51,52)/b14-12-. The highest BCUT2D eigenvalue weighted by atomic mass is 31.2. The molecule has 0 aromatic carbocycles. The minimum atomic E-state index is -4.63. The van der Waals surface area contributed by atoms with Crippen LogP contribution in [-0.4, -0.2) is 65.7 Å². The van der Waals surface area contributed by atoms with Crippen molar-refractivity contribution >= 4 is 19.8 Å². The summed E-state index contributed by atoms with van der Waals surface area (Å²) in [7, 11) is -4.63. The molecule has 0 heterocycles. The van der Waals surface area contributed by atoms with Crippen molar-refractivity contribution in [2.75, 3.05) is 26.4 Å². The molecular formula is C46H89O10P. The topological polar surface area (TPSA) is 149 Å². The first-order valence-corrected chi connectivity index (χ1v) is 25.1. The number of phosphoric acid groups is 1. The fourth-order valence-corrected chi connectivity index (χ4v) is 7.60. The van der Waals surface area contributed by atoms with Crippen molar-refractivity contribution < 1.29 is 47.8 Å². The summed E-state index contributed by atoms with van der Waals surface area (Å²) in [5.41, 5.74) is 0. The van der Waals surface area contributed by atoms with Crippen molar-refractivity contribution in [2.45, 2.75) is 244 Å². The number of carbonyl (C=O) groups excluding carboxylic acids is 2. The summed E-state index contributed by atoms with van der Waals surface area (Å²) in [6.07, 6.45) is 42.0. The largest absolute Gasteiger partial charge is 0.472 e. The van der Waals surface area contributed by atoms with Gasteiger partial charge in [0.1, 0.15) is 12.2 Å². The van der Waals surface area contributed by atoms with E-state index in [0.717, 1.165) is 57.8 Å². The average Bonchev–Trinajstić information content (AvgIpc) is 3.20. The lowest BCUT2D eigenvalue weighted by atomic mass is 10.0. The van der Waals surface area contributed by atoms with Crippen molar-refractivity contribution in [1.29, 1.82) is 0 Å². The Kier molecular flexibility index (Phi) is 41.9. The van der Waals surface area contributed by atoms with Crippen LogP contribution in [0.3, 0.4) is 0 Å². The molecule has 0 aromatic rings. The Labute approximate surface area is 349 Å². The zero-order valence-corrected chi connectivity index (χ0v) is 37.7. The van der Waals surface area contributed by atoms with Crippen LogP contribution in [0.5, 0.6) is 0 Å². The Morgan fingerprint density at radius 3 is 1.04 bits per heavy atom. The third kappa shape index (κ3) is 41.2. The molecule has 0 amide bonds. The van der Waals surface area contributed by atoms with Gasteiger partial charge in [0, 0.05) is 12.8 Å². The van der Waals surface area contributed by atoms with E-state index in [1.807, 2.05) is 0 Å². The van der Waals surface area contributed by atoms with Crippen molar-refractivity contribution in [2.24, 2.45) is 0 Å². The maximum atomic E-state index is 12.4. The Bertz CT molecular complexity index is 961. The molecule has 338 valence electrons. The van der Waals surface area contributed by atoms with E-state index >= 15 is 0 Å². The quantitative estimate of drug-likeness (QED) is 0.0234. The van der Waals surface area contributed by atoms with Crippen molar-refractivity contribution in [1.82, 2.24) is 0 Å². The fraction of sp³-hybridized carbons (Fsp3) is 0.913. The first-order chi connectivity index (χ1) is 27.8. The molecular weight excluding hydrogens is 743 g/mol. The monoisotopic (exact) mass is 833 g/mol. The number of allylic oxidation sites excluding steroid dienone is 2. The van der Waals surface area contributed by atoms with Crippen LogP contribution in [0.1, 0.15) is 232 Å². The van der Waals surface area contributed by atoms with Gasteiger partial charge in [0.25, 0.3) is 0 Å². The molecule has 0 aliphatic rings. The molecule has 0 bridgehead atoms. The van der Waals surface area contributed by atoms with Crippen LogP contribution >= 0.6 is 7.82 Å². The number of aliphatic hydroxyl groups excluding tert-OH is 2. The molecule has 0 aromatic heterocycles. The number of aliphatic hydroxyl groups is 2. The van der Waals surface area contributed by atoms with Gasteiger partial charge in [-0.1, -0.05) is 193 Å². The fourth-order valence-electron chi connectivity index (χ4n) is 6.82. The first kappa shape index (κ1) is 55.7. The lowest BCUT2D eigenvalue weighted by molar-refractivity contribution is -0.153. The molecule has 0 rings (SSSR count). The highest BCUT2D eigenvalue weighted by Crippen LogP contribution is 2.43. The minimum absolute atomic E-state index is 0.185. The molecule has 57 heavy (non-hydrogen) atoms. The van der Waals surface area contributed by atoms with Crippen LogP contribution in [0.25, 0.3) is 0 Å². The molecule has 0 saturated carbocycles. The molecule has 3 unspecified atom stereocenters. The highest BCUT2D eigenvalue weighted by Gasteiger charge is 2.27. The third-order valence-electron chi connectivity index (χ3n) is 10.5. The van der Waals surface area contributed by atoms with E-state index < -0.39 is 58.4 Å². The van der Waals surface area contributed by atoms with Gasteiger partial charge < -0.3 is 24.6 Å². The normalized spacial score (nSPS) is 13.8. The number of hydrogen-bond acceptors (Lipinski definition) is 9. The van der Waals surface area contributed by atoms with E-state index in [9.17, 15) is 29.3 Å². The summed E-state index contributed by atoms with van der Waals surface area (Å²) in [6, 6.07) is 0. The van der Waals surface area contributed by atoms with Gasteiger partial charge in [-0.05, 0) is 38.5 Å². The van der Waals surface area contributed by atoms with Gasteiger partial charge in [0.15, 0.2) is 0 Å². The molecule has 0 radical (unpaired) electrons. The molecule has 0 spiro atoms. The number of phosphoric ester groups is 1. The predicted octanol–water partition coefficient (Wildman–Crippen LogP) is 12.8. The van der Waals surface area contributed by atoms with E-state index in [0.29, 0.717) is 12.8 Å². The second-order valence-corrected chi connectivity index (χ2v) is 17.6. The molecule has 0 fully saturated rings. The zero-order chi connectivity index (χ0) is 41.9. The number of esters is 2. The van der Waals surface area contributed by atoms with Crippen LogP contribution in [0.4, 0.5) is 0 Å². The Hall–Kier alpha value is -1.29. The van der Waals surface area contributed by atoms with Crippen molar-refractivity contribution in [3.05, 3.63) is 12.2 Å². The van der Waals surface area contributed by atoms with Crippen LogP contribution in [0.15, 0.2) is 12.2 Å². The van der Waals surface area contributed by atoms with Gasteiger partial charge in [-0.3, -0.25) is 18.6 Å². The third-order valence-corrected chi connectivity index (χ3v) is 11.4. The second kappa shape index (κ2) is 42.8. The molecule has 0 aliphatic carbocycles. The van der Waals surface area contributed by atoms with Gasteiger partial charge in [-0.2, -0.15) is 0 Å². The lowest BCUT2D eigenvalue weighted by Gasteiger charge is -2.20. The van der Waals surface area contributed by atoms with Gasteiger partial charge in [-0.15, -0.1) is 0 Å². The van der Waals surface area contributed by atoms with E-state index in [4.69, 9.17) is 18.5 Å². The summed E-state index contributed by atoms with van der Waals surface area (Å²) >= 11 is 0. The summed E-state index contributed by atoms with van der Waals surface area (Å²) < 4.78 is 32.6. The maximum Gasteiger partial charge on any atom is 0.472 e. The van der Waals surface area contributed by atoms with E-state index in [2.05, 4.69) is 26.0 Å². The van der Waals surface area contributed by atoms with E-state index in [-0.39, 0.29) is 12.8 Å². The smallest absolute Gasteiger partial charge is 0.457 e. The van der Waals surface area contributed by atoms with Crippen LogP contribution in [0, 0.1) is 0 Å². The molecule has 10 nitrogen and oxygen atoms in total. The summed E-state index contributed by atoms with van der Waals surface area (Å²) in [5.74, 6) is -1.02. The lowest BCUT2D eigenvalue weighted by Crippen LogP contribution is -2.28. The van der Waals surface area contributed by atoms with E-state index in [1.165, 1.54) is 135 Å². The van der Waals surface area contributed by atoms with Gasteiger partial charge in [-0.25, -0.2) is 4.57 Å². The number of unbranched alkanes of at least 4 members (excludes halogenated alkanes) is 29. The Morgan fingerprint density at radius 1 is 0.456 bits per heavy atom. The maximum absolute atomic E-state index is 12.4. The van der Waals surface area contributed by atoms with E-state index in [1.54, 1.807) is 0 Å². The van der Waals surface area contributed by atoms with Crippen molar-refractivity contribution in [3.8, 4) is 0 Å². The second-order valence-electron chi connectivity index (χ2n) is 16.1. The number of hydrogen-bond donors (Lipinski definition) is 3. The predicted molar refractivity (Wildman–Crippen MR) is 233 cm³/mol. The summed E-state index contributed by atoms with van der Waals surface area (Å²) in [4.78, 5) is 34.5. The first-order valence-electron chi connectivity index (χ1n) is 23.6. The summed E-state index contributed by atoms with van der Waals surface area (Å²) in [5, 5.41) is 19.2. The number of ether oxygens (including phenoxy) is 2. The molecule has 3 N–H and O–H groups in total. The molecule has 11 heteroatoms. The Balaban J connectivity index is 3.81. The van der Waals surface area contributed by atoms with Crippen LogP contribution < -0.4 is 0 Å². The van der Waals surface area contributed by atoms with Gasteiger partial charge >= 0.3 is 19.8 Å². The molecule has 0 saturated heterocycles. The Morgan fingerprint density at radius 2 is 0.719 bits per heavy atom.